The Morgan fingerprint density at radius 2 is 1.43 bits per heavy atom. The summed E-state index contributed by atoms with van der Waals surface area (Å²) in [6, 6.07) is 16.0. The van der Waals surface area contributed by atoms with Gasteiger partial charge in [-0.05, 0) is 35.4 Å². The molecule has 0 aromatic heterocycles. The monoisotopic (exact) mass is 382 g/mol. The molecule has 2 saturated heterocycles. The molecule has 4 rings (SSSR count). The van der Waals surface area contributed by atoms with E-state index in [1.54, 1.807) is 14.2 Å². The van der Waals surface area contributed by atoms with Crippen LogP contribution in [0.15, 0.2) is 48.5 Å². The standard InChI is InChI=1S/C22H26N2O4/c1-26-18-7-3-16(4-8-18)11-23-13-20-14-24(22(25)21(15-23)28-20)12-17-5-9-19(27-2)10-6-17/h3-10,20-21H,11-15H2,1-2H3/t20-,21+/m0/s1. The number of hydrogen-bond donors (Lipinski definition) is 0. The van der Waals surface area contributed by atoms with Gasteiger partial charge in [-0.2, -0.15) is 0 Å². The van der Waals surface area contributed by atoms with Crippen molar-refractivity contribution in [1.82, 2.24) is 9.80 Å². The largest absolute Gasteiger partial charge is 0.497 e. The molecule has 2 heterocycles. The Bertz CT molecular complexity index is 806. The van der Waals surface area contributed by atoms with Gasteiger partial charge in [0.1, 0.15) is 17.6 Å². The van der Waals surface area contributed by atoms with Crippen LogP contribution >= 0.6 is 0 Å². The summed E-state index contributed by atoms with van der Waals surface area (Å²) in [6.45, 7) is 3.50. The van der Waals surface area contributed by atoms with E-state index < -0.39 is 0 Å². The van der Waals surface area contributed by atoms with Crippen molar-refractivity contribution in [2.24, 2.45) is 0 Å². The molecular formula is C22H26N2O4. The summed E-state index contributed by atoms with van der Waals surface area (Å²) in [4.78, 5) is 17.1. The van der Waals surface area contributed by atoms with Gasteiger partial charge in [-0.15, -0.1) is 0 Å². The van der Waals surface area contributed by atoms with Crippen LogP contribution in [0.25, 0.3) is 0 Å². The van der Waals surface area contributed by atoms with Crippen LogP contribution in [0.2, 0.25) is 0 Å². The number of fused-ring (bicyclic) bond motifs is 2. The first-order valence-electron chi connectivity index (χ1n) is 9.57. The quantitative estimate of drug-likeness (QED) is 0.768. The van der Waals surface area contributed by atoms with Gasteiger partial charge in [-0.3, -0.25) is 9.69 Å². The van der Waals surface area contributed by atoms with E-state index in [1.165, 1.54) is 5.56 Å². The Morgan fingerprint density at radius 1 is 0.857 bits per heavy atom. The smallest absolute Gasteiger partial charge is 0.253 e. The van der Waals surface area contributed by atoms with Crippen LogP contribution in [0.5, 0.6) is 11.5 Å². The van der Waals surface area contributed by atoms with Gasteiger partial charge in [0, 0.05) is 32.7 Å². The Morgan fingerprint density at radius 3 is 2.00 bits per heavy atom. The Labute approximate surface area is 165 Å². The molecule has 6 heteroatoms. The molecule has 2 aliphatic rings. The zero-order valence-corrected chi connectivity index (χ0v) is 16.3. The number of benzene rings is 2. The molecule has 0 radical (unpaired) electrons. The molecule has 2 bridgehead atoms. The van der Waals surface area contributed by atoms with E-state index in [-0.39, 0.29) is 18.1 Å². The van der Waals surface area contributed by atoms with Crippen LogP contribution in [0.1, 0.15) is 11.1 Å². The van der Waals surface area contributed by atoms with E-state index in [0.717, 1.165) is 30.2 Å². The fourth-order valence-electron chi connectivity index (χ4n) is 3.90. The first kappa shape index (κ1) is 18.8. The van der Waals surface area contributed by atoms with Crippen LogP contribution in [0.3, 0.4) is 0 Å². The van der Waals surface area contributed by atoms with Crippen molar-refractivity contribution in [2.75, 3.05) is 33.9 Å². The highest BCUT2D eigenvalue weighted by molar-refractivity contribution is 5.82. The van der Waals surface area contributed by atoms with E-state index >= 15 is 0 Å². The van der Waals surface area contributed by atoms with E-state index in [1.807, 2.05) is 41.3 Å². The molecule has 0 N–H and O–H groups in total. The molecule has 0 unspecified atom stereocenters. The van der Waals surface area contributed by atoms with Gasteiger partial charge in [0.25, 0.3) is 5.91 Å². The number of rotatable bonds is 6. The summed E-state index contributed by atoms with van der Waals surface area (Å²) >= 11 is 0. The summed E-state index contributed by atoms with van der Waals surface area (Å²) in [5, 5.41) is 0. The fourth-order valence-corrected chi connectivity index (χ4v) is 3.90. The maximum Gasteiger partial charge on any atom is 0.253 e. The molecule has 6 nitrogen and oxygen atoms in total. The SMILES string of the molecule is COc1ccc(CN2C[C@H]3CN(Cc4ccc(OC)cc4)C(=O)[C@@H](C2)O3)cc1. The maximum atomic E-state index is 12.9. The highest BCUT2D eigenvalue weighted by Crippen LogP contribution is 2.24. The number of hydrogen-bond acceptors (Lipinski definition) is 5. The van der Waals surface area contributed by atoms with E-state index in [4.69, 9.17) is 14.2 Å². The lowest BCUT2D eigenvalue weighted by atomic mass is 10.1. The molecule has 0 spiro atoms. The van der Waals surface area contributed by atoms with E-state index in [0.29, 0.717) is 19.6 Å². The number of methoxy groups -OCH3 is 2. The normalized spacial score (nSPS) is 22.2. The van der Waals surface area contributed by atoms with Crippen LogP contribution in [0, 0.1) is 0 Å². The Balaban J connectivity index is 1.37. The van der Waals surface area contributed by atoms with Crippen molar-refractivity contribution < 1.29 is 19.0 Å². The zero-order chi connectivity index (χ0) is 19.5. The summed E-state index contributed by atoms with van der Waals surface area (Å²) in [6.07, 6.45) is -0.336. The molecule has 148 valence electrons. The molecule has 2 atom stereocenters. The van der Waals surface area contributed by atoms with Gasteiger partial charge >= 0.3 is 0 Å². The van der Waals surface area contributed by atoms with Crippen LogP contribution in [0.4, 0.5) is 0 Å². The highest BCUT2D eigenvalue weighted by atomic mass is 16.5. The minimum atomic E-state index is -0.385. The second-order valence-corrected chi connectivity index (χ2v) is 7.36. The van der Waals surface area contributed by atoms with Crippen molar-refractivity contribution in [1.29, 1.82) is 0 Å². The maximum absolute atomic E-state index is 12.9. The van der Waals surface area contributed by atoms with Gasteiger partial charge in [0.05, 0.1) is 20.3 Å². The van der Waals surface area contributed by atoms with Gasteiger partial charge in [0.2, 0.25) is 0 Å². The van der Waals surface area contributed by atoms with Gasteiger partial charge in [-0.1, -0.05) is 24.3 Å². The molecule has 2 aromatic rings. The third-order valence-corrected chi connectivity index (χ3v) is 5.35. The average Bonchev–Trinajstić information content (AvgIpc) is 2.73. The number of morpholine rings is 2. The van der Waals surface area contributed by atoms with Gasteiger partial charge in [-0.25, -0.2) is 0 Å². The predicted molar refractivity (Wildman–Crippen MR) is 105 cm³/mol. The summed E-state index contributed by atoms with van der Waals surface area (Å²) in [5.74, 6) is 1.75. The van der Waals surface area contributed by atoms with Crippen molar-refractivity contribution in [3.8, 4) is 11.5 Å². The first-order chi connectivity index (χ1) is 13.6. The lowest BCUT2D eigenvalue weighted by molar-refractivity contribution is -0.178. The molecule has 2 aliphatic heterocycles. The minimum absolute atomic E-state index is 0.0490. The van der Waals surface area contributed by atoms with E-state index in [9.17, 15) is 4.79 Å². The molecular weight excluding hydrogens is 356 g/mol. The van der Waals surface area contributed by atoms with Crippen molar-refractivity contribution >= 4 is 5.91 Å². The highest BCUT2D eigenvalue weighted by Gasteiger charge is 2.40. The summed E-state index contributed by atoms with van der Waals surface area (Å²) in [7, 11) is 3.32. The third kappa shape index (κ3) is 4.13. The molecule has 28 heavy (non-hydrogen) atoms. The molecule has 2 aromatic carbocycles. The van der Waals surface area contributed by atoms with Crippen molar-refractivity contribution in [3.63, 3.8) is 0 Å². The van der Waals surface area contributed by atoms with Gasteiger partial charge in [0.15, 0.2) is 0 Å². The third-order valence-electron chi connectivity index (χ3n) is 5.35. The second kappa shape index (κ2) is 8.20. The first-order valence-corrected chi connectivity index (χ1v) is 9.57. The number of ether oxygens (including phenoxy) is 3. The van der Waals surface area contributed by atoms with Gasteiger partial charge < -0.3 is 19.1 Å². The summed E-state index contributed by atoms with van der Waals surface area (Å²) < 4.78 is 16.4. The number of nitrogens with zero attached hydrogens (tertiary/aromatic N) is 2. The van der Waals surface area contributed by atoms with Crippen LogP contribution < -0.4 is 9.47 Å². The fraction of sp³-hybridized carbons (Fsp3) is 0.409. The topological polar surface area (TPSA) is 51.2 Å². The molecule has 2 fully saturated rings. The van der Waals surface area contributed by atoms with Crippen LogP contribution in [-0.2, 0) is 22.6 Å². The number of amides is 1. The number of carbonyl (C=O) groups is 1. The van der Waals surface area contributed by atoms with E-state index in [2.05, 4.69) is 17.0 Å². The lowest BCUT2D eigenvalue weighted by Gasteiger charge is -2.45. The Kier molecular flexibility index (Phi) is 5.50. The minimum Gasteiger partial charge on any atom is -0.497 e. The Hall–Kier alpha value is -2.57. The number of carbonyl (C=O) groups excluding carboxylic acids is 1. The average molecular weight is 382 g/mol. The van der Waals surface area contributed by atoms with Crippen molar-refractivity contribution in [3.05, 3.63) is 59.7 Å². The summed E-state index contributed by atoms with van der Waals surface area (Å²) in [5.41, 5.74) is 2.31. The molecule has 0 aliphatic carbocycles. The molecule has 0 saturated carbocycles. The zero-order valence-electron chi connectivity index (χ0n) is 16.3. The van der Waals surface area contributed by atoms with Crippen molar-refractivity contribution in [2.45, 2.75) is 25.3 Å². The molecule has 1 amide bonds. The lowest BCUT2D eigenvalue weighted by Crippen LogP contribution is -2.61. The predicted octanol–water partition coefficient (Wildman–Crippen LogP) is 2.32. The van der Waals surface area contributed by atoms with Crippen LogP contribution in [-0.4, -0.2) is 61.8 Å². The second-order valence-electron chi connectivity index (χ2n) is 7.36.